The fourth-order valence-corrected chi connectivity index (χ4v) is 8.38. The van der Waals surface area contributed by atoms with E-state index >= 15 is 0 Å². The molecule has 5 aromatic rings. The summed E-state index contributed by atoms with van der Waals surface area (Å²) >= 11 is 6.47. The summed E-state index contributed by atoms with van der Waals surface area (Å²) in [5, 5.41) is 2.95. The molecule has 1 fully saturated rings. The van der Waals surface area contributed by atoms with Crippen LogP contribution in [-0.2, 0) is 24.7 Å². The maximum Gasteiger partial charge on any atom is 0.270 e. The molecule has 2 aromatic heterocycles. The van der Waals surface area contributed by atoms with Gasteiger partial charge in [0.15, 0.2) is 0 Å². The Morgan fingerprint density at radius 2 is 1.69 bits per heavy atom. The topological polar surface area (TPSA) is 67.8 Å². The van der Waals surface area contributed by atoms with Gasteiger partial charge in [-0.1, -0.05) is 48.0 Å². The molecule has 1 saturated heterocycles. The van der Waals surface area contributed by atoms with E-state index in [9.17, 15) is 9.59 Å². The van der Waals surface area contributed by atoms with Crippen molar-refractivity contribution in [1.82, 2.24) is 24.3 Å². The van der Waals surface area contributed by atoms with Crippen molar-refractivity contribution in [3.8, 4) is 0 Å². The summed E-state index contributed by atoms with van der Waals surface area (Å²) in [5.74, 6) is 0.915. The Labute approximate surface area is 294 Å². The first-order valence-electron chi connectivity index (χ1n) is 17.5. The lowest BCUT2D eigenvalue weighted by molar-refractivity contribution is -0.123. The second-order valence-electron chi connectivity index (χ2n) is 14.5. The number of likely N-dealkylation sites (N-methyl/N-ethyl adjacent to an activating group) is 1. The normalized spacial score (nSPS) is 17.7. The highest BCUT2D eigenvalue weighted by atomic mass is 35.5. The van der Waals surface area contributed by atoms with Crippen LogP contribution < -0.4 is 4.90 Å². The lowest BCUT2D eigenvalue weighted by Gasteiger charge is -2.40. The molecule has 4 heterocycles. The Balaban J connectivity index is 1.11. The maximum atomic E-state index is 14.9. The van der Waals surface area contributed by atoms with Crippen LogP contribution in [0.25, 0.3) is 21.8 Å². The minimum Gasteiger partial charge on any atom is -0.361 e. The van der Waals surface area contributed by atoms with E-state index in [0.717, 1.165) is 76.7 Å². The van der Waals surface area contributed by atoms with Crippen LogP contribution in [-0.4, -0.2) is 96.0 Å². The molecule has 0 radical (unpaired) electrons. The number of fused-ring (bicyclic) bond motifs is 3. The Hall–Kier alpha value is -4.11. The Bertz CT molecular complexity index is 1970. The molecule has 2 amide bonds. The van der Waals surface area contributed by atoms with Gasteiger partial charge in [-0.15, -0.1) is 0 Å². The third-order valence-electron chi connectivity index (χ3n) is 10.7. The van der Waals surface area contributed by atoms with Crippen molar-refractivity contribution in [2.24, 2.45) is 18.9 Å². The van der Waals surface area contributed by atoms with Crippen LogP contribution in [0.4, 0.5) is 5.69 Å². The Kier molecular flexibility index (Phi) is 9.55. The number of aromatic amines is 1. The number of halogens is 1. The standard InChI is InChI=1S/C40H47ClN6O2/c1-43(2)24-28-19-30-20-32(41)13-14-36(30)47(26-28)40(49)37(22-31-23-42-34-11-7-6-10-33(31)34)44(3)25-27-15-17-46(18-16-27)39(48)38-21-29-9-5-8-12-35(29)45(38)4/h5-14,20-21,23,27-28,37,42H,15-19,22,24-26H2,1-4H3/t28-,37-/m1/s1. The number of nitrogens with zero attached hydrogens (tertiary/aromatic N) is 5. The average Bonchev–Trinajstić information content (AvgIpc) is 3.66. The van der Waals surface area contributed by atoms with Crippen molar-refractivity contribution in [3.63, 3.8) is 0 Å². The van der Waals surface area contributed by atoms with Crippen molar-refractivity contribution in [2.75, 3.05) is 58.8 Å². The van der Waals surface area contributed by atoms with E-state index in [1.807, 2.05) is 63.9 Å². The second kappa shape index (κ2) is 14.0. The molecule has 256 valence electrons. The molecule has 0 aliphatic carbocycles. The molecular weight excluding hydrogens is 632 g/mol. The zero-order chi connectivity index (χ0) is 34.2. The highest BCUT2D eigenvalue weighted by Gasteiger charge is 2.36. The van der Waals surface area contributed by atoms with Crippen molar-refractivity contribution >= 4 is 50.9 Å². The van der Waals surface area contributed by atoms with E-state index in [2.05, 4.69) is 72.5 Å². The van der Waals surface area contributed by atoms with E-state index in [1.54, 1.807) is 0 Å². The molecule has 2 aliphatic rings. The van der Waals surface area contributed by atoms with Crippen molar-refractivity contribution in [3.05, 3.63) is 101 Å². The van der Waals surface area contributed by atoms with E-state index in [-0.39, 0.29) is 17.9 Å². The summed E-state index contributed by atoms with van der Waals surface area (Å²) in [5.41, 5.74) is 6.14. The maximum absolute atomic E-state index is 14.9. The van der Waals surface area contributed by atoms with Gasteiger partial charge >= 0.3 is 0 Å². The van der Waals surface area contributed by atoms with Crippen LogP contribution in [0.2, 0.25) is 5.02 Å². The van der Waals surface area contributed by atoms with E-state index < -0.39 is 0 Å². The van der Waals surface area contributed by atoms with Crippen molar-refractivity contribution in [2.45, 2.75) is 31.7 Å². The molecule has 0 unspecified atom stereocenters. The fourth-order valence-electron chi connectivity index (χ4n) is 8.19. The average molecular weight is 679 g/mol. The van der Waals surface area contributed by atoms with Gasteiger partial charge in [0.1, 0.15) is 5.69 Å². The minimum atomic E-state index is -0.351. The third kappa shape index (κ3) is 6.87. The van der Waals surface area contributed by atoms with Crippen LogP contribution in [0.1, 0.15) is 34.5 Å². The molecule has 2 atom stereocenters. The molecule has 9 heteroatoms. The van der Waals surface area contributed by atoms with Crippen LogP contribution in [0, 0.1) is 11.8 Å². The number of rotatable bonds is 9. The molecular formula is C40H47ClN6O2. The quantitative estimate of drug-likeness (QED) is 0.194. The van der Waals surface area contributed by atoms with Crippen LogP contribution in [0.3, 0.4) is 0 Å². The largest absolute Gasteiger partial charge is 0.361 e. The first kappa shape index (κ1) is 33.4. The molecule has 0 saturated carbocycles. The molecule has 49 heavy (non-hydrogen) atoms. The number of nitrogens with one attached hydrogen (secondary N) is 1. The molecule has 3 aromatic carbocycles. The van der Waals surface area contributed by atoms with Gasteiger partial charge in [-0.2, -0.15) is 0 Å². The molecule has 7 rings (SSSR count). The highest BCUT2D eigenvalue weighted by Crippen LogP contribution is 2.34. The van der Waals surface area contributed by atoms with Gasteiger partial charge in [-0.3, -0.25) is 14.5 Å². The van der Waals surface area contributed by atoms with Crippen LogP contribution in [0.15, 0.2) is 79.0 Å². The predicted octanol–water partition coefficient (Wildman–Crippen LogP) is 6.48. The first-order valence-corrected chi connectivity index (χ1v) is 17.9. The second-order valence-corrected chi connectivity index (χ2v) is 14.9. The number of aryl methyl sites for hydroxylation is 1. The fraction of sp³-hybridized carbons (Fsp3) is 0.400. The van der Waals surface area contributed by atoms with Crippen molar-refractivity contribution < 1.29 is 9.59 Å². The molecule has 1 N–H and O–H groups in total. The van der Waals surface area contributed by atoms with Crippen LogP contribution in [0.5, 0.6) is 0 Å². The summed E-state index contributed by atoms with van der Waals surface area (Å²) in [6.45, 7) is 3.80. The lowest BCUT2D eigenvalue weighted by Crippen LogP contribution is -2.53. The van der Waals surface area contributed by atoms with Gasteiger partial charge in [0.05, 0.1) is 6.04 Å². The number of likely N-dealkylation sites (tertiary alicyclic amines) is 1. The van der Waals surface area contributed by atoms with Gasteiger partial charge in [0.2, 0.25) is 5.91 Å². The number of carbonyl (C=O) groups is 2. The summed E-state index contributed by atoms with van der Waals surface area (Å²) in [7, 11) is 8.26. The number of anilines is 1. The van der Waals surface area contributed by atoms with E-state index in [1.165, 1.54) is 0 Å². The van der Waals surface area contributed by atoms with E-state index in [0.29, 0.717) is 42.9 Å². The molecule has 8 nitrogen and oxygen atoms in total. The predicted molar refractivity (Wildman–Crippen MR) is 200 cm³/mol. The number of hydrogen-bond acceptors (Lipinski definition) is 4. The number of amides is 2. The van der Waals surface area contributed by atoms with E-state index in [4.69, 9.17) is 11.6 Å². The molecule has 0 spiro atoms. The van der Waals surface area contributed by atoms with Gasteiger partial charge in [0.25, 0.3) is 5.91 Å². The molecule has 2 aliphatic heterocycles. The third-order valence-corrected chi connectivity index (χ3v) is 10.9. The SMILES string of the molecule is CN(C)C[C@H]1Cc2cc(Cl)ccc2N(C(=O)[C@@H](Cc2c[nH]c3ccccc23)N(C)CC2CCN(C(=O)c3cc4ccccc4n3C)CC2)C1. The summed E-state index contributed by atoms with van der Waals surface area (Å²) in [6, 6.07) is 24.1. The number of aromatic nitrogens is 2. The lowest BCUT2D eigenvalue weighted by atomic mass is 9.90. The number of para-hydroxylation sites is 2. The number of carbonyl (C=O) groups excluding carboxylic acids is 2. The summed E-state index contributed by atoms with van der Waals surface area (Å²) in [6.07, 6.45) is 5.38. The number of piperidine rings is 1. The van der Waals surface area contributed by atoms with Gasteiger partial charge in [-0.25, -0.2) is 0 Å². The van der Waals surface area contributed by atoms with Gasteiger partial charge in [0, 0.05) is 78.5 Å². The summed E-state index contributed by atoms with van der Waals surface area (Å²) in [4.78, 5) is 40.5. The minimum absolute atomic E-state index is 0.0917. The summed E-state index contributed by atoms with van der Waals surface area (Å²) < 4.78 is 2.01. The van der Waals surface area contributed by atoms with Crippen LogP contribution >= 0.6 is 11.6 Å². The van der Waals surface area contributed by atoms with Crippen molar-refractivity contribution in [1.29, 1.82) is 0 Å². The first-order chi connectivity index (χ1) is 23.7. The zero-order valence-corrected chi connectivity index (χ0v) is 29.8. The smallest absolute Gasteiger partial charge is 0.270 e. The highest BCUT2D eigenvalue weighted by molar-refractivity contribution is 6.30. The monoisotopic (exact) mass is 678 g/mol. The number of hydrogen-bond donors (Lipinski definition) is 1. The Morgan fingerprint density at radius 1 is 0.939 bits per heavy atom. The molecule has 0 bridgehead atoms. The van der Waals surface area contributed by atoms with Gasteiger partial charge < -0.3 is 24.3 Å². The number of benzene rings is 3. The Morgan fingerprint density at radius 3 is 2.47 bits per heavy atom. The zero-order valence-electron chi connectivity index (χ0n) is 29.0. The van der Waals surface area contributed by atoms with Gasteiger partial charge in [-0.05, 0) is 106 Å². The number of H-pyrrole nitrogens is 1.